The molecule has 0 aromatic heterocycles. The Morgan fingerprint density at radius 1 is 1.40 bits per heavy atom. The minimum atomic E-state index is -0.950. The molecule has 0 fully saturated rings. The second-order valence-electron chi connectivity index (χ2n) is 4.27. The Kier molecular flexibility index (Phi) is 5.15. The van der Waals surface area contributed by atoms with Gasteiger partial charge in [0.05, 0.1) is 16.7 Å². The number of nitrogens with zero attached hydrogens (tertiary/aromatic N) is 1. The summed E-state index contributed by atoms with van der Waals surface area (Å²) < 4.78 is 0. The van der Waals surface area contributed by atoms with Crippen molar-refractivity contribution in [1.29, 1.82) is 0 Å². The van der Waals surface area contributed by atoms with Gasteiger partial charge in [-0.25, -0.2) is 0 Å². The first-order valence-electron chi connectivity index (χ1n) is 5.83. The SMILES string of the molecule is Cc1ccc([N+](=O)[O-])cc1NC(=O)C(=O)NCC(C)O. The third kappa shape index (κ3) is 4.32. The summed E-state index contributed by atoms with van der Waals surface area (Å²) in [5.74, 6) is -1.87. The third-order valence-corrected chi connectivity index (χ3v) is 2.44. The molecule has 0 saturated heterocycles. The van der Waals surface area contributed by atoms with Crippen LogP contribution in [0.3, 0.4) is 0 Å². The topological polar surface area (TPSA) is 122 Å². The summed E-state index contributed by atoms with van der Waals surface area (Å²) in [7, 11) is 0. The summed E-state index contributed by atoms with van der Waals surface area (Å²) in [6.45, 7) is 3.05. The number of nitro groups is 1. The van der Waals surface area contributed by atoms with E-state index in [0.29, 0.717) is 5.56 Å². The zero-order chi connectivity index (χ0) is 15.3. The molecule has 8 nitrogen and oxygen atoms in total. The number of rotatable bonds is 4. The monoisotopic (exact) mass is 281 g/mol. The maximum Gasteiger partial charge on any atom is 0.313 e. The molecule has 0 aliphatic rings. The predicted molar refractivity (Wildman–Crippen MR) is 71.2 cm³/mol. The van der Waals surface area contributed by atoms with E-state index >= 15 is 0 Å². The molecule has 3 N–H and O–H groups in total. The molecule has 0 aliphatic heterocycles. The highest BCUT2D eigenvalue weighted by Crippen LogP contribution is 2.21. The molecule has 0 aliphatic carbocycles. The second-order valence-corrected chi connectivity index (χ2v) is 4.27. The van der Waals surface area contributed by atoms with E-state index < -0.39 is 22.8 Å². The first-order chi connectivity index (χ1) is 9.31. The summed E-state index contributed by atoms with van der Waals surface area (Å²) in [6, 6.07) is 3.95. The number of nitrogens with one attached hydrogen (secondary N) is 2. The minimum absolute atomic E-state index is 0.0554. The average Bonchev–Trinajstić information content (AvgIpc) is 2.37. The number of aliphatic hydroxyl groups is 1. The molecule has 0 saturated carbocycles. The molecule has 108 valence electrons. The largest absolute Gasteiger partial charge is 0.392 e. The van der Waals surface area contributed by atoms with Crippen LogP contribution in [0.4, 0.5) is 11.4 Å². The highest BCUT2D eigenvalue weighted by molar-refractivity contribution is 6.39. The smallest absolute Gasteiger partial charge is 0.313 e. The number of carbonyl (C=O) groups is 2. The van der Waals surface area contributed by atoms with E-state index in [1.807, 2.05) is 0 Å². The lowest BCUT2D eigenvalue weighted by Crippen LogP contribution is -2.38. The van der Waals surface area contributed by atoms with Gasteiger partial charge < -0.3 is 15.7 Å². The molecule has 20 heavy (non-hydrogen) atoms. The van der Waals surface area contributed by atoms with Gasteiger partial charge >= 0.3 is 11.8 Å². The first kappa shape index (κ1) is 15.6. The van der Waals surface area contributed by atoms with Gasteiger partial charge in [0.1, 0.15) is 0 Å². The fourth-order valence-electron chi connectivity index (χ4n) is 1.36. The van der Waals surface area contributed by atoms with Crippen molar-refractivity contribution in [2.45, 2.75) is 20.0 Å². The van der Waals surface area contributed by atoms with Gasteiger partial charge in [-0.15, -0.1) is 0 Å². The number of hydrogen-bond donors (Lipinski definition) is 3. The molecule has 2 amide bonds. The van der Waals surface area contributed by atoms with Crippen molar-refractivity contribution in [2.75, 3.05) is 11.9 Å². The molecule has 1 rings (SSSR count). The van der Waals surface area contributed by atoms with Crippen LogP contribution in [0.2, 0.25) is 0 Å². The summed E-state index contributed by atoms with van der Waals surface area (Å²) in [4.78, 5) is 33.1. The standard InChI is InChI=1S/C12H15N3O5/c1-7-3-4-9(15(19)20)5-10(7)14-12(18)11(17)13-6-8(2)16/h3-5,8,16H,6H2,1-2H3,(H,13,17)(H,14,18). The molecule has 1 aromatic carbocycles. The zero-order valence-electron chi connectivity index (χ0n) is 11.0. The van der Waals surface area contributed by atoms with Gasteiger partial charge in [-0.1, -0.05) is 6.07 Å². The van der Waals surface area contributed by atoms with Gasteiger partial charge in [-0.3, -0.25) is 19.7 Å². The van der Waals surface area contributed by atoms with E-state index in [2.05, 4.69) is 10.6 Å². The molecule has 1 unspecified atom stereocenters. The number of benzene rings is 1. The van der Waals surface area contributed by atoms with Gasteiger partial charge in [-0.05, 0) is 19.4 Å². The third-order valence-electron chi connectivity index (χ3n) is 2.44. The molecular formula is C12H15N3O5. The first-order valence-corrected chi connectivity index (χ1v) is 5.83. The Morgan fingerprint density at radius 3 is 2.60 bits per heavy atom. The highest BCUT2D eigenvalue weighted by atomic mass is 16.6. The lowest BCUT2D eigenvalue weighted by Gasteiger charge is -2.09. The van der Waals surface area contributed by atoms with E-state index in [0.717, 1.165) is 0 Å². The van der Waals surface area contributed by atoms with Gasteiger partial charge in [0, 0.05) is 18.7 Å². The Hall–Kier alpha value is -2.48. The van der Waals surface area contributed by atoms with E-state index in [1.165, 1.54) is 25.1 Å². The summed E-state index contributed by atoms with van der Waals surface area (Å²) in [5.41, 5.74) is 0.596. The number of anilines is 1. The Bertz CT molecular complexity index is 542. The lowest BCUT2D eigenvalue weighted by atomic mass is 10.2. The summed E-state index contributed by atoms with van der Waals surface area (Å²) >= 11 is 0. The van der Waals surface area contributed by atoms with E-state index in [-0.39, 0.29) is 17.9 Å². The molecule has 0 heterocycles. The minimum Gasteiger partial charge on any atom is -0.392 e. The summed E-state index contributed by atoms with van der Waals surface area (Å²) in [6.07, 6.45) is -0.772. The molecule has 1 atom stereocenters. The van der Waals surface area contributed by atoms with Crippen LogP contribution in [-0.2, 0) is 9.59 Å². The fourth-order valence-corrected chi connectivity index (χ4v) is 1.36. The highest BCUT2D eigenvalue weighted by Gasteiger charge is 2.16. The molecule has 0 spiro atoms. The quantitative estimate of drug-likeness (QED) is 0.417. The second kappa shape index (κ2) is 6.62. The van der Waals surface area contributed by atoms with Crippen LogP contribution in [0.1, 0.15) is 12.5 Å². The van der Waals surface area contributed by atoms with Crippen LogP contribution in [-0.4, -0.2) is 34.5 Å². The number of nitro benzene ring substituents is 1. The van der Waals surface area contributed by atoms with Crippen molar-refractivity contribution < 1.29 is 19.6 Å². The predicted octanol–water partition coefficient (Wildman–Crippen LogP) is 0.339. The Labute approximate surface area is 114 Å². The van der Waals surface area contributed by atoms with Crippen LogP contribution >= 0.6 is 0 Å². The van der Waals surface area contributed by atoms with Crippen molar-refractivity contribution in [3.05, 3.63) is 33.9 Å². The normalized spacial score (nSPS) is 11.6. The number of aliphatic hydroxyl groups excluding tert-OH is 1. The van der Waals surface area contributed by atoms with Crippen LogP contribution in [0, 0.1) is 17.0 Å². The van der Waals surface area contributed by atoms with Gasteiger partial charge in [-0.2, -0.15) is 0 Å². The number of non-ortho nitro benzene ring substituents is 1. The number of amides is 2. The average molecular weight is 281 g/mol. The Balaban J connectivity index is 2.77. The molecular weight excluding hydrogens is 266 g/mol. The maximum absolute atomic E-state index is 11.6. The van der Waals surface area contributed by atoms with Gasteiger partial charge in [0.2, 0.25) is 0 Å². The van der Waals surface area contributed by atoms with Gasteiger partial charge in [0.15, 0.2) is 0 Å². The van der Waals surface area contributed by atoms with Crippen LogP contribution < -0.4 is 10.6 Å². The fraction of sp³-hybridized carbons (Fsp3) is 0.333. The molecule has 0 radical (unpaired) electrons. The number of hydrogen-bond acceptors (Lipinski definition) is 5. The zero-order valence-corrected chi connectivity index (χ0v) is 11.0. The number of carbonyl (C=O) groups excluding carboxylic acids is 2. The summed E-state index contributed by atoms with van der Waals surface area (Å²) in [5, 5.41) is 24.2. The van der Waals surface area contributed by atoms with E-state index in [1.54, 1.807) is 6.92 Å². The lowest BCUT2D eigenvalue weighted by molar-refractivity contribution is -0.384. The van der Waals surface area contributed by atoms with Crippen molar-refractivity contribution in [2.24, 2.45) is 0 Å². The molecule has 0 bridgehead atoms. The van der Waals surface area contributed by atoms with Crippen molar-refractivity contribution in [3.63, 3.8) is 0 Å². The van der Waals surface area contributed by atoms with E-state index in [9.17, 15) is 19.7 Å². The van der Waals surface area contributed by atoms with Crippen molar-refractivity contribution in [3.8, 4) is 0 Å². The molecule has 8 heteroatoms. The van der Waals surface area contributed by atoms with E-state index in [4.69, 9.17) is 5.11 Å². The Morgan fingerprint density at radius 2 is 2.05 bits per heavy atom. The van der Waals surface area contributed by atoms with Gasteiger partial charge in [0.25, 0.3) is 5.69 Å². The number of aryl methyl sites for hydroxylation is 1. The molecule has 1 aromatic rings. The van der Waals surface area contributed by atoms with Crippen LogP contribution in [0.15, 0.2) is 18.2 Å². The van der Waals surface area contributed by atoms with Crippen molar-refractivity contribution >= 4 is 23.2 Å². The maximum atomic E-state index is 11.6. The van der Waals surface area contributed by atoms with Crippen LogP contribution in [0.25, 0.3) is 0 Å². The van der Waals surface area contributed by atoms with Crippen molar-refractivity contribution in [1.82, 2.24) is 5.32 Å². The van der Waals surface area contributed by atoms with Crippen LogP contribution in [0.5, 0.6) is 0 Å².